The lowest BCUT2D eigenvalue weighted by atomic mass is 10.1. The molecule has 0 saturated carbocycles. The standard InChI is InChI=1S/C10H13N/c1-8-10(11(8)2)9-6-4-3-5-7-9/h3-8,10H,1-2H3/t8-,10-,11?/m1/s1/i6D. The molecule has 1 saturated heterocycles. The van der Waals surface area contributed by atoms with Crippen molar-refractivity contribution in [3.8, 4) is 0 Å². The van der Waals surface area contributed by atoms with Crippen LogP contribution in [0.4, 0.5) is 0 Å². The number of hydrogen-bond acceptors (Lipinski definition) is 1. The molecular formula is C10H13N. The highest BCUT2D eigenvalue weighted by molar-refractivity contribution is 5.25. The molecule has 0 spiro atoms. The molecule has 1 fully saturated rings. The molecule has 1 aromatic rings. The highest BCUT2D eigenvalue weighted by atomic mass is 15.3. The lowest BCUT2D eigenvalue weighted by molar-refractivity contribution is 0.600. The molecule has 2 rings (SSSR count). The van der Waals surface area contributed by atoms with E-state index in [1.165, 1.54) is 0 Å². The summed E-state index contributed by atoms with van der Waals surface area (Å²) in [4.78, 5) is 2.27. The Morgan fingerprint density at radius 1 is 1.45 bits per heavy atom. The number of nitrogens with zero attached hydrogens (tertiary/aromatic N) is 1. The van der Waals surface area contributed by atoms with E-state index in [0.29, 0.717) is 18.1 Å². The number of likely N-dealkylation sites (N-methyl/N-ethyl adjacent to an activating group) is 1. The molecule has 1 unspecified atom stereocenters. The van der Waals surface area contributed by atoms with Gasteiger partial charge < -0.3 is 0 Å². The fourth-order valence-corrected chi connectivity index (χ4v) is 1.56. The smallest absolute Gasteiger partial charge is 0.0626 e. The van der Waals surface area contributed by atoms with Crippen LogP contribution in [0.5, 0.6) is 0 Å². The predicted octanol–water partition coefficient (Wildman–Crippen LogP) is 2.06. The fourth-order valence-electron chi connectivity index (χ4n) is 1.56. The molecule has 1 heteroatoms. The molecule has 58 valence electrons. The Kier molecular flexibility index (Phi) is 1.23. The summed E-state index contributed by atoms with van der Waals surface area (Å²) in [5.41, 5.74) is 1.16. The summed E-state index contributed by atoms with van der Waals surface area (Å²) >= 11 is 0. The van der Waals surface area contributed by atoms with Gasteiger partial charge in [-0.25, -0.2) is 0 Å². The predicted molar refractivity (Wildman–Crippen MR) is 46.4 cm³/mol. The van der Waals surface area contributed by atoms with Gasteiger partial charge in [0.2, 0.25) is 0 Å². The van der Waals surface area contributed by atoms with Crippen LogP contribution in [-0.2, 0) is 0 Å². The maximum Gasteiger partial charge on any atom is 0.0626 e. The maximum absolute atomic E-state index is 7.69. The minimum atomic E-state index is 0.485. The van der Waals surface area contributed by atoms with Crippen molar-refractivity contribution in [1.82, 2.24) is 4.90 Å². The van der Waals surface area contributed by atoms with E-state index in [0.717, 1.165) is 5.56 Å². The lowest BCUT2D eigenvalue weighted by Crippen LogP contribution is -1.86. The van der Waals surface area contributed by atoms with Crippen LogP contribution in [-0.4, -0.2) is 18.0 Å². The van der Waals surface area contributed by atoms with Gasteiger partial charge in [0.25, 0.3) is 0 Å². The molecule has 3 atom stereocenters. The monoisotopic (exact) mass is 148 g/mol. The Bertz CT molecular complexity index is 290. The fraction of sp³-hybridized carbons (Fsp3) is 0.400. The Hall–Kier alpha value is -0.820. The number of hydrogen-bond donors (Lipinski definition) is 0. The van der Waals surface area contributed by atoms with E-state index >= 15 is 0 Å². The molecule has 0 amide bonds. The zero-order chi connectivity index (χ0) is 8.72. The Balaban J connectivity index is 2.30. The third kappa shape index (κ3) is 1.05. The third-order valence-corrected chi connectivity index (χ3v) is 2.50. The van der Waals surface area contributed by atoms with Crippen LogP contribution in [0, 0.1) is 0 Å². The zero-order valence-electron chi connectivity index (χ0n) is 7.91. The molecule has 0 bridgehead atoms. The van der Waals surface area contributed by atoms with Crippen LogP contribution in [0.2, 0.25) is 0 Å². The number of benzene rings is 1. The molecule has 1 heterocycles. The Morgan fingerprint density at radius 2 is 2.18 bits per heavy atom. The Labute approximate surface area is 69.1 Å². The molecule has 0 aromatic heterocycles. The van der Waals surface area contributed by atoms with Crippen LogP contribution >= 0.6 is 0 Å². The lowest BCUT2D eigenvalue weighted by Gasteiger charge is -1.95. The minimum Gasteiger partial charge on any atom is -0.293 e. The normalized spacial score (nSPS) is 36.5. The van der Waals surface area contributed by atoms with E-state index in [2.05, 4.69) is 18.9 Å². The van der Waals surface area contributed by atoms with Crippen LogP contribution in [0.15, 0.2) is 30.3 Å². The highest BCUT2D eigenvalue weighted by Gasteiger charge is 2.40. The van der Waals surface area contributed by atoms with Gasteiger partial charge in [0.1, 0.15) is 0 Å². The van der Waals surface area contributed by atoms with E-state index < -0.39 is 0 Å². The van der Waals surface area contributed by atoms with Crippen LogP contribution in [0.1, 0.15) is 19.9 Å². The zero-order valence-corrected chi connectivity index (χ0v) is 6.91. The first-order chi connectivity index (χ1) is 5.72. The minimum absolute atomic E-state index is 0.485. The van der Waals surface area contributed by atoms with Crippen LogP contribution in [0.3, 0.4) is 0 Å². The second-order valence-electron chi connectivity index (χ2n) is 3.17. The summed E-state index contributed by atoms with van der Waals surface area (Å²) in [6.45, 7) is 2.19. The average molecular weight is 148 g/mol. The molecule has 0 radical (unpaired) electrons. The molecule has 1 aliphatic heterocycles. The molecule has 1 nitrogen and oxygen atoms in total. The van der Waals surface area contributed by atoms with Crippen molar-refractivity contribution in [2.24, 2.45) is 0 Å². The largest absolute Gasteiger partial charge is 0.293 e. The van der Waals surface area contributed by atoms with Gasteiger partial charge in [0, 0.05) is 6.04 Å². The summed E-state index contributed by atoms with van der Waals surface area (Å²) in [6, 6.07) is 9.58. The first-order valence-corrected chi connectivity index (χ1v) is 3.99. The summed E-state index contributed by atoms with van der Waals surface area (Å²) in [5.74, 6) is 0. The summed E-state index contributed by atoms with van der Waals surface area (Å²) in [7, 11) is 2.10. The quantitative estimate of drug-likeness (QED) is 0.551. The van der Waals surface area contributed by atoms with E-state index in [1.807, 2.05) is 24.3 Å². The van der Waals surface area contributed by atoms with Crippen molar-refractivity contribution in [3.63, 3.8) is 0 Å². The molecule has 1 aromatic carbocycles. The molecule has 1 aliphatic rings. The van der Waals surface area contributed by atoms with E-state index in [1.54, 1.807) is 0 Å². The summed E-state index contributed by atoms with van der Waals surface area (Å²) < 4.78 is 7.69. The molecule has 0 N–H and O–H groups in total. The van der Waals surface area contributed by atoms with Gasteiger partial charge in [-0.15, -0.1) is 0 Å². The molecular weight excluding hydrogens is 134 g/mol. The van der Waals surface area contributed by atoms with Crippen molar-refractivity contribution in [2.75, 3.05) is 7.05 Å². The van der Waals surface area contributed by atoms with Crippen molar-refractivity contribution in [1.29, 1.82) is 0 Å². The highest BCUT2D eigenvalue weighted by Crippen LogP contribution is 2.40. The molecule has 11 heavy (non-hydrogen) atoms. The second-order valence-corrected chi connectivity index (χ2v) is 3.17. The summed E-state index contributed by atoms with van der Waals surface area (Å²) in [6.07, 6.45) is 0. The number of rotatable bonds is 1. The van der Waals surface area contributed by atoms with Crippen molar-refractivity contribution < 1.29 is 1.37 Å². The molecule has 0 aliphatic carbocycles. The average Bonchev–Trinajstić information content (AvgIpc) is 2.62. The second kappa shape index (κ2) is 2.35. The first kappa shape index (κ1) is 5.78. The van der Waals surface area contributed by atoms with E-state index in [9.17, 15) is 0 Å². The van der Waals surface area contributed by atoms with Gasteiger partial charge in [-0.1, -0.05) is 30.3 Å². The van der Waals surface area contributed by atoms with Gasteiger partial charge in [-0.2, -0.15) is 0 Å². The SMILES string of the molecule is [2H]c1ccccc1[C@H]1[C@@H](C)N1C. The van der Waals surface area contributed by atoms with Crippen LogP contribution in [0.25, 0.3) is 0 Å². The third-order valence-electron chi connectivity index (χ3n) is 2.50. The summed E-state index contributed by atoms with van der Waals surface area (Å²) in [5, 5.41) is 0. The van der Waals surface area contributed by atoms with Crippen molar-refractivity contribution in [2.45, 2.75) is 19.0 Å². The van der Waals surface area contributed by atoms with Gasteiger partial charge in [-0.3, -0.25) is 4.90 Å². The van der Waals surface area contributed by atoms with E-state index in [-0.39, 0.29) is 0 Å². The van der Waals surface area contributed by atoms with Crippen LogP contribution < -0.4 is 0 Å². The van der Waals surface area contributed by atoms with Gasteiger partial charge >= 0.3 is 0 Å². The van der Waals surface area contributed by atoms with Gasteiger partial charge in [-0.05, 0) is 19.5 Å². The van der Waals surface area contributed by atoms with Crippen molar-refractivity contribution >= 4 is 0 Å². The van der Waals surface area contributed by atoms with Gasteiger partial charge in [0.15, 0.2) is 0 Å². The topological polar surface area (TPSA) is 3.01 Å². The van der Waals surface area contributed by atoms with Gasteiger partial charge in [0.05, 0.1) is 7.41 Å². The maximum atomic E-state index is 7.69. The Morgan fingerprint density at radius 3 is 2.73 bits per heavy atom. The van der Waals surface area contributed by atoms with Crippen molar-refractivity contribution in [3.05, 3.63) is 35.9 Å². The van der Waals surface area contributed by atoms with E-state index in [4.69, 9.17) is 1.37 Å². The first-order valence-electron chi connectivity index (χ1n) is 4.49.